The molecule has 0 spiro atoms. The minimum absolute atomic E-state index is 0.0359. The van der Waals surface area contributed by atoms with Crippen LogP contribution in [0.2, 0.25) is 5.02 Å². The van der Waals surface area contributed by atoms with Crippen LogP contribution >= 0.6 is 22.9 Å². The molecule has 0 fully saturated rings. The molecule has 0 bridgehead atoms. The summed E-state index contributed by atoms with van der Waals surface area (Å²) in [5.41, 5.74) is 0.753. The van der Waals surface area contributed by atoms with Crippen molar-refractivity contribution >= 4 is 34.5 Å². The summed E-state index contributed by atoms with van der Waals surface area (Å²) in [4.78, 5) is 13.0. The molecule has 1 aromatic heterocycles. The third-order valence-electron chi connectivity index (χ3n) is 2.52. The second-order valence-electron chi connectivity index (χ2n) is 3.99. The van der Waals surface area contributed by atoms with Gasteiger partial charge in [0.2, 0.25) is 5.91 Å². The number of thiophene rings is 1. The Bertz CT molecular complexity index is 510. The molecular formula is C14H14ClNOS. The zero-order valence-corrected chi connectivity index (χ0v) is 11.4. The Hall–Kier alpha value is -1.32. The SMILES string of the molecule is O=C(CCCc1cccs1)Nc1cccc(Cl)c1. The molecule has 1 amide bonds. The highest BCUT2D eigenvalue weighted by Gasteiger charge is 2.03. The van der Waals surface area contributed by atoms with E-state index in [1.165, 1.54) is 4.88 Å². The fraction of sp³-hybridized carbons (Fsp3) is 0.214. The number of aryl methyl sites for hydroxylation is 1. The van der Waals surface area contributed by atoms with E-state index in [9.17, 15) is 4.79 Å². The molecule has 2 aromatic rings. The molecule has 1 N–H and O–H groups in total. The minimum atomic E-state index is 0.0359. The maximum atomic E-state index is 11.7. The summed E-state index contributed by atoms with van der Waals surface area (Å²) in [7, 11) is 0. The lowest BCUT2D eigenvalue weighted by molar-refractivity contribution is -0.116. The van der Waals surface area contributed by atoms with Crippen molar-refractivity contribution in [3.8, 4) is 0 Å². The van der Waals surface area contributed by atoms with E-state index in [-0.39, 0.29) is 5.91 Å². The van der Waals surface area contributed by atoms with Gasteiger partial charge in [0.1, 0.15) is 0 Å². The molecule has 94 valence electrons. The number of rotatable bonds is 5. The van der Waals surface area contributed by atoms with Crippen LogP contribution in [0.1, 0.15) is 17.7 Å². The number of carbonyl (C=O) groups excluding carboxylic acids is 1. The number of nitrogens with one attached hydrogen (secondary N) is 1. The Morgan fingerprint density at radius 2 is 2.17 bits per heavy atom. The van der Waals surface area contributed by atoms with Crippen molar-refractivity contribution in [2.75, 3.05) is 5.32 Å². The van der Waals surface area contributed by atoms with Crippen LogP contribution in [0.4, 0.5) is 5.69 Å². The molecule has 0 unspecified atom stereocenters. The molecule has 2 nitrogen and oxygen atoms in total. The minimum Gasteiger partial charge on any atom is -0.326 e. The number of hydrogen-bond acceptors (Lipinski definition) is 2. The van der Waals surface area contributed by atoms with E-state index in [4.69, 9.17) is 11.6 Å². The molecule has 0 saturated carbocycles. The molecule has 0 radical (unpaired) electrons. The van der Waals surface area contributed by atoms with Gasteiger partial charge in [-0.1, -0.05) is 23.7 Å². The molecule has 18 heavy (non-hydrogen) atoms. The number of amides is 1. The summed E-state index contributed by atoms with van der Waals surface area (Å²) in [5, 5.41) is 5.53. The van der Waals surface area contributed by atoms with Crippen molar-refractivity contribution in [1.82, 2.24) is 0 Å². The van der Waals surface area contributed by atoms with E-state index in [1.54, 1.807) is 23.5 Å². The lowest BCUT2D eigenvalue weighted by Crippen LogP contribution is -2.11. The Kier molecular flexibility index (Phi) is 4.79. The zero-order valence-electron chi connectivity index (χ0n) is 9.86. The van der Waals surface area contributed by atoms with Gasteiger partial charge in [-0.05, 0) is 42.5 Å². The zero-order chi connectivity index (χ0) is 12.8. The molecule has 2 rings (SSSR count). The normalized spacial score (nSPS) is 10.3. The Morgan fingerprint density at radius 3 is 2.89 bits per heavy atom. The van der Waals surface area contributed by atoms with Crippen LogP contribution in [0.5, 0.6) is 0 Å². The van der Waals surface area contributed by atoms with E-state index in [0.29, 0.717) is 11.4 Å². The molecule has 0 atom stereocenters. The van der Waals surface area contributed by atoms with Crippen molar-refractivity contribution in [2.24, 2.45) is 0 Å². The van der Waals surface area contributed by atoms with E-state index < -0.39 is 0 Å². The number of carbonyl (C=O) groups is 1. The predicted octanol–water partition coefficient (Wildman–Crippen LogP) is 4.36. The largest absolute Gasteiger partial charge is 0.326 e. The summed E-state index contributed by atoms with van der Waals surface area (Å²) < 4.78 is 0. The van der Waals surface area contributed by atoms with Crippen LogP contribution in [0.3, 0.4) is 0 Å². The Labute approximate surface area is 116 Å². The number of anilines is 1. The van der Waals surface area contributed by atoms with Gasteiger partial charge in [-0.15, -0.1) is 11.3 Å². The van der Waals surface area contributed by atoms with Crippen molar-refractivity contribution < 1.29 is 4.79 Å². The summed E-state index contributed by atoms with van der Waals surface area (Å²) in [6.07, 6.45) is 2.36. The molecule has 0 aliphatic carbocycles. The highest BCUT2D eigenvalue weighted by Crippen LogP contribution is 2.16. The Morgan fingerprint density at radius 1 is 1.28 bits per heavy atom. The first kappa shape index (κ1) is 13.1. The smallest absolute Gasteiger partial charge is 0.224 e. The van der Waals surface area contributed by atoms with E-state index in [0.717, 1.165) is 18.5 Å². The molecular weight excluding hydrogens is 266 g/mol. The topological polar surface area (TPSA) is 29.1 Å². The van der Waals surface area contributed by atoms with Crippen molar-refractivity contribution in [3.63, 3.8) is 0 Å². The van der Waals surface area contributed by atoms with Gasteiger partial charge in [0.05, 0.1) is 0 Å². The van der Waals surface area contributed by atoms with Crippen LogP contribution in [-0.4, -0.2) is 5.91 Å². The van der Waals surface area contributed by atoms with Gasteiger partial charge in [-0.2, -0.15) is 0 Å². The molecule has 0 aliphatic heterocycles. The second kappa shape index (κ2) is 6.57. The summed E-state index contributed by atoms with van der Waals surface area (Å²) in [5.74, 6) is 0.0359. The first-order valence-electron chi connectivity index (χ1n) is 5.82. The Balaban J connectivity index is 1.75. The summed E-state index contributed by atoms with van der Waals surface area (Å²) in [6, 6.07) is 11.3. The van der Waals surface area contributed by atoms with Gasteiger partial charge in [0, 0.05) is 22.0 Å². The fourth-order valence-electron chi connectivity index (χ4n) is 1.67. The fourth-order valence-corrected chi connectivity index (χ4v) is 2.61. The summed E-state index contributed by atoms with van der Waals surface area (Å²) >= 11 is 7.58. The van der Waals surface area contributed by atoms with Crippen molar-refractivity contribution in [3.05, 3.63) is 51.7 Å². The quantitative estimate of drug-likeness (QED) is 0.865. The predicted molar refractivity (Wildman–Crippen MR) is 77.3 cm³/mol. The van der Waals surface area contributed by atoms with Gasteiger partial charge in [-0.3, -0.25) is 4.79 Å². The van der Waals surface area contributed by atoms with Crippen molar-refractivity contribution in [2.45, 2.75) is 19.3 Å². The number of hydrogen-bond donors (Lipinski definition) is 1. The van der Waals surface area contributed by atoms with Gasteiger partial charge < -0.3 is 5.32 Å². The highest BCUT2D eigenvalue weighted by atomic mass is 35.5. The van der Waals surface area contributed by atoms with Crippen LogP contribution in [0.15, 0.2) is 41.8 Å². The number of benzene rings is 1. The average Bonchev–Trinajstić information content (AvgIpc) is 2.82. The molecule has 0 saturated heterocycles. The van der Waals surface area contributed by atoms with Crippen LogP contribution in [0, 0.1) is 0 Å². The maximum absolute atomic E-state index is 11.7. The standard InChI is InChI=1S/C14H14ClNOS/c15-11-4-1-5-12(10-11)16-14(17)8-2-6-13-7-3-9-18-13/h1,3-5,7,9-10H,2,6,8H2,(H,16,17). The monoisotopic (exact) mass is 279 g/mol. The first-order chi connectivity index (χ1) is 8.74. The van der Waals surface area contributed by atoms with Crippen LogP contribution < -0.4 is 5.32 Å². The number of halogens is 1. The van der Waals surface area contributed by atoms with Gasteiger partial charge >= 0.3 is 0 Å². The second-order valence-corrected chi connectivity index (χ2v) is 5.46. The first-order valence-corrected chi connectivity index (χ1v) is 7.07. The molecule has 1 heterocycles. The third-order valence-corrected chi connectivity index (χ3v) is 3.69. The lowest BCUT2D eigenvalue weighted by Gasteiger charge is -2.05. The van der Waals surface area contributed by atoms with Crippen LogP contribution in [0.25, 0.3) is 0 Å². The van der Waals surface area contributed by atoms with E-state index in [1.807, 2.05) is 18.2 Å². The van der Waals surface area contributed by atoms with Gasteiger partial charge in [0.25, 0.3) is 0 Å². The molecule has 1 aromatic carbocycles. The van der Waals surface area contributed by atoms with E-state index in [2.05, 4.69) is 16.8 Å². The lowest BCUT2D eigenvalue weighted by atomic mass is 10.2. The van der Waals surface area contributed by atoms with Crippen LogP contribution in [-0.2, 0) is 11.2 Å². The summed E-state index contributed by atoms with van der Waals surface area (Å²) in [6.45, 7) is 0. The van der Waals surface area contributed by atoms with Gasteiger partial charge in [-0.25, -0.2) is 0 Å². The van der Waals surface area contributed by atoms with Crippen molar-refractivity contribution in [1.29, 1.82) is 0 Å². The molecule has 0 aliphatic rings. The third kappa shape index (κ3) is 4.17. The molecule has 4 heteroatoms. The highest BCUT2D eigenvalue weighted by molar-refractivity contribution is 7.09. The van der Waals surface area contributed by atoms with Gasteiger partial charge in [0.15, 0.2) is 0 Å². The maximum Gasteiger partial charge on any atom is 0.224 e. The average molecular weight is 280 g/mol. The van der Waals surface area contributed by atoms with E-state index >= 15 is 0 Å².